The lowest BCUT2D eigenvalue weighted by Crippen LogP contribution is -2.48. The fourth-order valence-corrected chi connectivity index (χ4v) is 6.55. The number of amides is 2. The standard InChI is InChI=1S/C35H40N4O4S/c1-24-23-44-34(37-24)31-16-6-7-17-39(31)35(42)28-14-9-13-27(20-28)33(41)38-30(19-25-10-4-3-5-11-25)32(40)22-36-21-26-12-8-15-29(18-26)43-2/h3-5,8-15,18,20,23,30-32,36,40H,6-7,16-17,19,21-22H2,1-2H3,(H,38,41). The van der Waals surface area contributed by atoms with E-state index in [9.17, 15) is 14.7 Å². The molecular weight excluding hydrogens is 572 g/mol. The molecule has 2 heterocycles. The van der Waals surface area contributed by atoms with Gasteiger partial charge in [-0.05, 0) is 74.1 Å². The van der Waals surface area contributed by atoms with Crippen molar-refractivity contribution in [2.75, 3.05) is 20.2 Å². The molecule has 230 valence electrons. The minimum absolute atomic E-state index is 0.0534. The highest BCUT2D eigenvalue weighted by Crippen LogP contribution is 2.34. The maximum atomic E-state index is 13.7. The number of carbonyl (C=O) groups excluding carboxylic acids is 2. The predicted molar refractivity (Wildman–Crippen MR) is 173 cm³/mol. The van der Waals surface area contributed by atoms with Gasteiger partial charge in [-0.15, -0.1) is 11.3 Å². The highest BCUT2D eigenvalue weighted by Gasteiger charge is 2.31. The summed E-state index contributed by atoms with van der Waals surface area (Å²) in [5.41, 5.74) is 3.84. The summed E-state index contributed by atoms with van der Waals surface area (Å²) in [5, 5.41) is 20.6. The number of ether oxygens (including phenoxy) is 1. The Hall–Kier alpha value is -4.05. The van der Waals surface area contributed by atoms with Crippen molar-refractivity contribution in [3.05, 3.63) is 117 Å². The van der Waals surface area contributed by atoms with E-state index in [2.05, 4.69) is 15.6 Å². The molecule has 1 aromatic heterocycles. The van der Waals surface area contributed by atoms with E-state index in [1.165, 1.54) is 0 Å². The number of carbonyl (C=O) groups is 2. The normalized spacial score (nSPS) is 16.2. The number of piperidine rings is 1. The van der Waals surface area contributed by atoms with Gasteiger partial charge in [0.05, 0.1) is 25.3 Å². The second-order valence-electron chi connectivity index (χ2n) is 11.2. The van der Waals surface area contributed by atoms with Crippen LogP contribution in [0.25, 0.3) is 0 Å². The van der Waals surface area contributed by atoms with E-state index in [4.69, 9.17) is 4.74 Å². The molecule has 0 saturated carbocycles. The number of hydrogen-bond donors (Lipinski definition) is 3. The molecule has 3 atom stereocenters. The number of aryl methyl sites for hydroxylation is 1. The summed E-state index contributed by atoms with van der Waals surface area (Å²) < 4.78 is 5.31. The van der Waals surface area contributed by atoms with E-state index in [0.29, 0.717) is 30.6 Å². The largest absolute Gasteiger partial charge is 0.497 e. The van der Waals surface area contributed by atoms with Gasteiger partial charge in [-0.3, -0.25) is 9.59 Å². The first-order valence-electron chi connectivity index (χ1n) is 15.1. The maximum absolute atomic E-state index is 13.7. The second kappa shape index (κ2) is 15.1. The Labute approximate surface area is 263 Å². The molecule has 0 spiro atoms. The minimum atomic E-state index is -0.856. The highest BCUT2D eigenvalue weighted by molar-refractivity contribution is 7.09. The number of methoxy groups -OCH3 is 1. The van der Waals surface area contributed by atoms with E-state index in [-0.39, 0.29) is 24.4 Å². The molecule has 1 fully saturated rings. The molecule has 3 N–H and O–H groups in total. The van der Waals surface area contributed by atoms with Gasteiger partial charge in [0, 0.05) is 41.8 Å². The number of thiazole rings is 1. The van der Waals surface area contributed by atoms with Crippen molar-refractivity contribution in [3.8, 4) is 5.75 Å². The first-order chi connectivity index (χ1) is 21.4. The van der Waals surface area contributed by atoms with Crippen molar-refractivity contribution in [3.63, 3.8) is 0 Å². The number of aliphatic hydroxyl groups is 1. The molecule has 44 heavy (non-hydrogen) atoms. The molecule has 1 aliphatic rings. The summed E-state index contributed by atoms with van der Waals surface area (Å²) in [7, 11) is 1.63. The summed E-state index contributed by atoms with van der Waals surface area (Å²) >= 11 is 1.59. The lowest BCUT2D eigenvalue weighted by atomic mass is 9.99. The topological polar surface area (TPSA) is 104 Å². The van der Waals surface area contributed by atoms with Crippen LogP contribution in [0.4, 0.5) is 0 Å². The van der Waals surface area contributed by atoms with Gasteiger partial charge in [-0.25, -0.2) is 4.98 Å². The van der Waals surface area contributed by atoms with E-state index >= 15 is 0 Å². The van der Waals surface area contributed by atoms with Crippen LogP contribution in [0.5, 0.6) is 5.75 Å². The zero-order valence-electron chi connectivity index (χ0n) is 25.2. The molecule has 1 aliphatic heterocycles. The number of nitrogens with one attached hydrogen (secondary N) is 2. The zero-order valence-corrected chi connectivity index (χ0v) is 26.1. The van der Waals surface area contributed by atoms with Crippen LogP contribution in [-0.2, 0) is 13.0 Å². The number of benzene rings is 3. The monoisotopic (exact) mass is 612 g/mol. The molecule has 4 aromatic rings. The van der Waals surface area contributed by atoms with Gasteiger partial charge in [-0.1, -0.05) is 48.5 Å². The van der Waals surface area contributed by atoms with Gasteiger partial charge in [0.2, 0.25) is 0 Å². The van der Waals surface area contributed by atoms with Gasteiger partial charge in [0.15, 0.2) is 0 Å². The Kier molecular flexibility index (Phi) is 10.8. The van der Waals surface area contributed by atoms with Crippen LogP contribution in [0.15, 0.2) is 84.2 Å². The molecule has 1 saturated heterocycles. The average Bonchev–Trinajstić information content (AvgIpc) is 3.50. The van der Waals surface area contributed by atoms with Crippen molar-refractivity contribution in [1.82, 2.24) is 20.5 Å². The first-order valence-corrected chi connectivity index (χ1v) is 16.0. The second-order valence-corrected chi connectivity index (χ2v) is 12.1. The lowest BCUT2D eigenvalue weighted by molar-refractivity contribution is 0.0611. The van der Waals surface area contributed by atoms with Crippen molar-refractivity contribution in [1.29, 1.82) is 0 Å². The number of hydrogen-bond acceptors (Lipinski definition) is 7. The van der Waals surface area contributed by atoms with Gasteiger partial charge in [-0.2, -0.15) is 0 Å². The van der Waals surface area contributed by atoms with E-state index < -0.39 is 12.1 Å². The first kappa shape index (κ1) is 31.4. The van der Waals surface area contributed by atoms with Crippen molar-refractivity contribution >= 4 is 23.2 Å². The number of aliphatic hydroxyl groups excluding tert-OH is 1. The van der Waals surface area contributed by atoms with Crippen LogP contribution in [0, 0.1) is 6.92 Å². The van der Waals surface area contributed by atoms with Gasteiger partial charge in [0.25, 0.3) is 11.8 Å². The van der Waals surface area contributed by atoms with Crippen molar-refractivity contribution in [2.45, 2.75) is 57.3 Å². The third-order valence-electron chi connectivity index (χ3n) is 7.95. The average molecular weight is 613 g/mol. The smallest absolute Gasteiger partial charge is 0.254 e. The molecule has 0 radical (unpaired) electrons. The van der Waals surface area contributed by atoms with E-state index in [1.807, 2.05) is 71.8 Å². The van der Waals surface area contributed by atoms with Crippen LogP contribution in [0.1, 0.15) is 67.8 Å². The molecule has 3 unspecified atom stereocenters. The SMILES string of the molecule is COc1cccc(CNCC(O)C(Cc2ccccc2)NC(=O)c2cccc(C(=O)N3CCCCC3c3nc(C)cs3)c2)c1. The Morgan fingerprint density at radius 3 is 2.57 bits per heavy atom. The molecule has 2 amide bonds. The fourth-order valence-electron chi connectivity index (χ4n) is 5.61. The minimum Gasteiger partial charge on any atom is -0.497 e. The maximum Gasteiger partial charge on any atom is 0.254 e. The van der Waals surface area contributed by atoms with Crippen molar-refractivity contribution in [2.24, 2.45) is 0 Å². The molecule has 9 heteroatoms. The van der Waals surface area contributed by atoms with Crippen LogP contribution in [0.2, 0.25) is 0 Å². The predicted octanol–water partition coefficient (Wildman–Crippen LogP) is 5.32. The molecule has 0 aliphatic carbocycles. The third-order valence-corrected chi connectivity index (χ3v) is 9.02. The number of nitrogens with zero attached hydrogens (tertiary/aromatic N) is 2. The number of rotatable bonds is 12. The molecule has 8 nitrogen and oxygen atoms in total. The summed E-state index contributed by atoms with van der Waals surface area (Å²) in [5.74, 6) is 0.340. The fraction of sp³-hybridized carbons (Fsp3) is 0.343. The Morgan fingerprint density at radius 2 is 1.80 bits per heavy atom. The molecule has 3 aromatic carbocycles. The molecule has 5 rings (SSSR count). The van der Waals surface area contributed by atoms with Crippen molar-refractivity contribution < 1.29 is 19.4 Å². The molecular formula is C35H40N4O4S. The number of likely N-dealkylation sites (tertiary alicyclic amines) is 1. The van der Waals surface area contributed by atoms with Crippen LogP contribution in [-0.4, -0.2) is 59.1 Å². The van der Waals surface area contributed by atoms with Crippen LogP contribution >= 0.6 is 11.3 Å². The summed E-state index contributed by atoms with van der Waals surface area (Å²) in [6, 6.07) is 23.8. The Balaban J connectivity index is 1.28. The van der Waals surface area contributed by atoms with Crippen LogP contribution in [0.3, 0.4) is 0 Å². The summed E-state index contributed by atoms with van der Waals surface area (Å²) in [6.45, 7) is 3.45. The summed E-state index contributed by atoms with van der Waals surface area (Å²) in [6.07, 6.45) is 2.47. The van der Waals surface area contributed by atoms with Gasteiger partial charge < -0.3 is 25.4 Å². The molecule has 0 bridgehead atoms. The third kappa shape index (κ3) is 8.11. The van der Waals surface area contributed by atoms with E-state index in [1.54, 1.807) is 42.7 Å². The van der Waals surface area contributed by atoms with Gasteiger partial charge >= 0.3 is 0 Å². The lowest BCUT2D eigenvalue weighted by Gasteiger charge is -2.34. The zero-order chi connectivity index (χ0) is 30.9. The Bertz CT molecular complexity index is 1540. The van der Waals surface area contributed by atoms with E-state index in [0.717, 1.165) is 46.8 Å². The quantitative estimate of drug-likeness (QED) is 0.200. The Morgan fingerprint density at radius 1 is 1.02 bits per heavy atom. The highest BCUT2D eigenvalue weighted by atomic mass is 32.1. The van der Waals surface area contributed by atoms with Crippen LogP contribution < -0.4 is 15.4 Å². The number of aromatic nitrogens is 1. The summed E-state index contributed by atoms with van der Waals surface area (Å²) in [4.78, 5) is 33.9. The van der Waals surface area contributed by atoms with Gasteiger partial charge in [0.1, 0.15) is 10.8 Å².